The Morgan fingerprint density at radius 3 is 1.81 bits per heavy atom. The van der Waals surface area contributed by atoms with Crippen molar-refractivity contribution in [3.63, 3.8) is 0 Å². The fourth-order valence-electron chi connectivity index (χ4n) is 1.91. The molecule has 0 saturated carbocycles. The lowest BCUT2D eigenvalue weighted by Crippen LogP contribution is -2.43. The zero-order valence-electron chi connectivity index (χ0n) is 16.2. The predicted molar refractivity (Wildman–Crippen MR) is 100 cm³/mol. The molecule has 0 atom stereocenters. The number of nitrogens with zero attached hydrogens (tertiary/aromatic N) is 1. The summed E-state index contributed by atoms with van der Waals surface area (Å²) >= 11 is 0. The molecule has 0 unspecified atom stereocenters. The van der Waals surface area contributed by atoms with Gasteiger partial charge in [0.05, 0.1) is 6.54 Å². The average Bonchev–Trinajstić information content (AvgIpc) is 2.48. The third-order valence-corrected chi connectivity index (χ3v) is 2.94. The van der Waals surface area contributed by atoms with Gasteiger partial charge in [-0.3, -0.25) is 4.79 Å². The summed E-state index contributed by atoms with van der Waals surface area (Å²) < 4.78 is 10.6. The first-order valence-electron chi connectivity index (χ1n) is 8.37. The number of hydrogen-bond acceptors (Lipinski definition) is 5. The van der Waals surface area contributed by atoms with Crippen LogP contribution in [0.5, 0.6) is 0 Å². The van der Waals surface area contributed by atoms with E-state index in [0.717, 1.165) is 11.2 Å². The molecule has 0 fully saturated rings. The molecule has 0 saturated heterocycles. The van der Waals surface area contributed by atoms with Gasteiger partial charge in [0.15, 0.2) is 6.29 Å². The Balaban J connectivity index is 2.97. The largest absolute Gasteiger partial charge is 0.443 e. The van der Waals surface area contributed by atoms with Crippen LogP contribution in [0.2, 0.25) is 0 Å². The minimum atomic E-state index is -0.792. The van der Waals surface area contributed by atoms with Gasteiger partial charge in [-0.2, -0.15) is 0 Å². The monoisotopic (exact) mass is 361 g/mol. The van der Waals surface area contributed by atoms with Crippen LogP contribution in [0.3, 0.4) is 0 Å². The van der Waals surface area contributed by atoms with E-state index in [9.17, 15) is 14.4 Å². The second kappa shape index (κ2) is 8.65. The van der Waals surface area contributed by atoms with Gasteiger partial charge < -0.3 is 9.47 Å². The SMILES string of the molecule is CC(C)(C)OC(=O)N(C/C=C/c1ccccc1C=O)C(=O)OC(C)(C)C. The van der Waals surface area contributed by atoms with E-state index in [0.29, 0.717) is 11.1 Å². The van der Waals surface area contributed by atoms with Crippen LogP contribution in [0.1, 0.15) is 57.5 Å². The van der Waals surface area contributed by atoms with Crippen molar-refractivity contribution in [2.45, 2.75) is 52.7 Å². The highest BCUT2D eigenvalue weighted by atomic mass is 16.6. The van der Waals surface area contributed by atoms with Crippen molar-refractivity contribution in [2.24, 2.45) is 0 Å². The third kappa shape index (κ3) is 7.51. The molecule has 1 aromatic rings. The first kappa shape index (κ1) is 21.4. The molecular formula is C20H27NO5. The van der Waals surface area contributed by atoms with E-state index in [1.165, 1.54) is 0 Å². The summed E-state index contributed by atoms with van der Waals surface area (Å²) in [5, 5.41) is 0. The first-order chi connectivity index (χ1) is 11.9. The summed E-state index contributed by atoms with van der Waals surface area (Å²) in [5.74, 6) is 0. The van der Waals surface area contributed by atoms with Gasteiger partial charge in [-0.05, 0) is 47.1 Å². The molecule has 0 spiro atoms. The predicted octanol–water partition coefficient (Wildman–Crippen LogP) is 4.68. The highest BCUT2D eigenvalue weighted by molar-refractivity contribution is 5.88. The van der Waals surface area contributed by atoms with E-state index < -0.39 is 23.4 Å². The van der Waals surface area contributed by atoms with Crippen LogP contribution in [-0.2, 0) is 9.47 Å². The van der Waals surface area contributed by atoms with Crippen LogP contribution in [0, 0.1) is 0 Å². The zero-order valence-corrected chi connectivity index (χ0v) is 16.2. The van der Waals surface area contributed by atoms with E-state index in [4.69, 9.17) is 9.47 Å². The second-order valence-corrected chi connectivity index (χ2v) is 7.72. The fraction of sp³-hybridized carbons (Fsp3) is 0.450. The number of hydrogen-bond donors (Lipinski definition) is 0. The highest BCUT2D eigenvalue weighted by Crippen LogP contribution is 2.15. The number of ether oxygens (including phenoxy) is 2. The standard InChI is InChI=1S/C20H27NO5/c1-19(2,3)25-17(23)21(18(24)26-20(4,5)6)13-9-12-15-10-7-8-11-16(15)14-22/h7-12,14H,13H2,1-6H3/b12-9+. The summed E-state index contributed by atoms with van der Waals surface area (Å²) in [6.45, 7) is 10.3. The van der Waals surface area contributed by atoms with Gasteiger partial charge in [0.1, 0.15) is 11.2 Å². The molecule has 1 aromatic carbocycles. The molecule has 6 nitrogen and oxygen atoms in total. The minimum absolute atomic E-state index is 0.0446. The third-order valence-electron chi connectivity index (χ3n) is 2.94. The second-order valence-electron chi connectivity index (χ2n) is 7.72. The van der Waals surface area contributed by atoms with Gasteiger partial charge in [0.2, 0.25) is 0 Å². The molecule has 1 rings (SSSR count). The number of amides is 2. The highest BCUT2D eigenvalue weighted by Gasteiger charge is 2.30. The lowest BCUT2D eigenvalue weighted by Gasteiger charge is -2.28. The summed E-state index contributed by atoms with van der Waals surface area (Å²) in [5.41, 5.74) is -0.281. The van der Waals surface area contributed by atoms with Gasteiger partial charge in [-0.25, -0.2) is 14.5 Å². The van der Waals surface area contributed by atoms with E-state index >= 15 is 0 Å². The van der Waals surface area contributed by atoms with Crippen molar-refractivity contribution in [2.75, 3.05) is 6.54 Å². The Bertz CT molecular complexity index is 652. The molecule has 0 radical (unpaired) electrons. The van der Waals surface area contributed by atoms with Gasteiger partial charge in [-0.1, -0.05) is 36.4 Å². The number of aldehydes is 1. The lowest BCUT2D eigenvalue weighted by atomic mass is 10.1. The Morgan fingerprint density at radius 1 is 0.923 bits per heavy atom. The average molecular weight is 361 g/mol. The molecule has 26 heavy (non-hydrogen) atoms. The van der Waals surface area contributed by atoms with Gasteiger partial charge >= 0.3 is 12.2 Å². The minimum Gasteiger partial charge on any atom is -0.443 e. The molecule has 6 heteroatoms. The van der Waals surface area contributed by atoms with E-state index in [2.05, 4.69) is 0 Å². The van der Waals surface area contributed by atoms with Crippen LogP contribution in [0.4, 0.5) is 9.59 Å². The summed E-state index contributed by atoms with van der Waals surface area (Å²) in [6, 6.07) is 7.01. The van der Waals surface area contributed by atoms with Crippen molar-refractivity contribution in [3.8, 4) is 0 Å². The summed E-state index contributed by atoms with van der Waals surface area (Å²) in [7, 11) is 0. The number of benzene rings is 1. The van der Waals surface area contributed by atoms with Crippen LogP contribution in [0.15, 0.2) is 30.3 Å². The van der Waals surface area contributed by atoms with Crippen LogP contribution < -0.4 is 0 Å². The summed E-state index contributed by atoms with van der Waals surface area (Å²) in [6.07, 6.45) is 2.45. The van der Waals surface area contributed by atoms with Crippen molar-refractivity contribution in [3.05, 3.63) is 41.5 Å². The van der Waals surface area contributed by atoms with Crippen LogP contribution >= 0.6 is 0 Å². The van der Waals surface area contributed by atoms with E-state index in [1.54, 1.807) is 78.0 Å². The van der Waals surface area contributed by atoms with Crippen molar-refractivity contribution in [1.29, 1.82) is 0 Å². The molecule has 0 aliphatic carbocycles. The lowest BCUT2D eigenvalue weighted by molar-refractivity contribution is 0.00376. The van der Waals surface area contributed by atoms with Crippen molar-refractivity contribution in [1.82, 2.24) is 4.90 Å². The zero-order chi connectivity index (χ0) is 20.0. The quantitative estimate of drug-likeness (QED) is 0.728. The molecule has 142 valence electrons. The topological polar surface area (TPSA) is 72.9 Å². The maximum absolute atomic E-state index is 12.4. The Hall–Kier alpha value is -2.63. The Morgan fingerprint density at radius 2 is 1.38 bits per heavy atom. The van der Waals surface area contributed by atoms with Crippen molar-refractivity contribution >= 4 is 24.5 Å². The van der Waals surface area contributed by atoms with Crippen LogP contribution in [-0.4, -0.2) is 41.1 Å². The van der Waals surface area contributed by atoms with Gasteiger partial charge in [0, 0.05) is 5.56 Å². The number of rotatable bonds is 4. The molecule has 0 aliphatic heterocycles. The smallest absolute Gasteiger partial charge is 0.420 e. The van der Waals surface area contributed by atoms with Gasteiger partial charge in [0.25, 0.3) is 0 Å². The molecule has 2 amide bonds. The number of carbonyl (C=O) groups is 3. The van der Waals surface area contributed by atoms with Crippen LogP contribution in [0.25, 0.3) is 6.08 Å². The molecular weight excluding hydrogens is 334 g/mol. The molecule has 0 N–H and O–H groups in total. The van der Waals surface area contributed by atoms with Crippen molar-refractivity contribution < 1.29 is 23.9 Å². The normalized spacial score (nSPS) is 11.9. The number of carbonyl (C=O) groups excluding carboxylic acids is 3. The maximum atomic E-state index is 12.4. The summed E-state index contributed by atoms with van der Waals surface area (Å²) in [4.78, 5) is 36.7. The van der Waals surface area contributed by atoms with E-state index in [-0.39, 0.29) is 6.54 Å². The molecule has 0 heterocycles. The van der Waals surface area contributed by atoms with Gasteiger partial charge in [-0.15, -0.1) is 0 Å². The molecule has 0 bridgehead atoms. The first-order valence-corrected chi connectivity index (χ1v) is 8.37. The Kier molecular flexibility index (Phi) is 7.12. The molecule has 0 aliphatic rings. The maximum Gasteiger partial charge on any atom is 0.420 e. The fourth-order valence-corrected chi connectivity index (χ4v) is 1.91. The molecule has 0 aromatic heterocycles. The van der Waals surface area contributed by atoms with E-state index in [1.807, 2.05) is 0 Å². The Labute approximate surface area is 154 Å². The number of imide groups is 1.